The Kier molecular flexibility index (Phi) is 8.82. The van der Waals surface area contributed by atoms with Gasteiger partial charge in [0, 0.05) is 31.2 Å². The number of hydrogen-bond donors (Lipinski definition) is 1. The SMILES string of the molecule is CN(CC(Oc1cccnc1)c1ccc(OCC(=O)OC(=O)C(F)(F)F)cc1)C(=O)c1cc2c(s1)CCNC2. The van der Waals surface area contributed by atoms with Gasteiger partial charge in [-0.1, -0.05) is 12.1 Å². The van der Waals surface area contributed by atoms with E-state index in [1.54, 1.807) is 48.6 Å². The van der Waals surface area contributed by atoms with Crippen molar-refractivity contribution in [2.75, 3.05) is 26.7 Å². The van der Waals surface area contributed by atoms with Crippen LogP contribution in [-0.2, 0) is 27.3 Å². The van der Waals surface area contributed by atoms with E-state index >= 15 is 0 Å². The second kappa shape index (κ2) is 12.3. The molecule has 13 heteroatoms. The molecule has 39 heavy (non-hydrogen) atoms. The van der Waals surface area contributed by atoms with Crippen LogP contribution in [0, 0.1) is 0 Å². The number of nitrogens with one attached hydrogen (secondary N) is 1. The van der Waals surface area contributed by atoms with Crippen molar-refractivity contribution in [1.82, 2.24) is 15.2 Å². The van der Waals surface area contributed by atoms with E-state index in [-0.39, 0.29) is 18.2 Å². The van der Waals surface area contributed by atoms with Gasteiger partial charge >= 0.3 is 18.1 Å². The van der Waals surface area contributed by atoms with Crippen molar-refractivity contribution in [2.24, 2.45) is 0 Å². The van der Waals surface area contributed by atoms with E-state index in [0.717, 1.165) is 25.1 Å². The summed E-state index contributed by atoms with van der Waals surface area (Å²) in [7, 11) is 1.68. The number of carbonyl (C=O) groups excluding carboxylic acids is 3. The Morgan fingerprint density at radius 1 is 1.15 bits per heavy atom. The van der Waals surface area contributed by atoms with Crippen LogP contribution < -0.4 is 14.8 Å². The second-order valence-corrected chi connectivity index (χ2v) is 9.72. The number of esters is 2. The second-order valence-electron chi connectivity index (χ2n) is 8.58. The molecule has 1 atom stereocenters. The van der Waals surface area contributed by atoms with Gasteiger partial charge in [-0.3, -0.25) is 9.78 Å². The number of fused-ring (bicyclic) bond motifs is 1. The van der Waals surface area contributed by atoms with Gasteiger partial charge in [-0.25, -0.2) is 9.59 Å². The van der Waals surface area contributed by atoms with Crippen molar-refractivity contribution in [2.45, 2.75) is 25.2 Å². The predicted octanol–water partition coefficient (Wildman–Crippen LogP) is 3.69. The first kappa shape index (κ1) is 28.0. The van der Waals surface area contributed by atoms with Crippen molar-refractivity contribution in [1.29, 1.82) is 0 Å². The van der Waals surface area contributed by atoms with Crippen LogP contribution in [0.15, 0.2) is 54.9 Å². The van der Waals surface area contributed by atoms with E-state index < -0.39 is 30.8 Å². The van der Waals surface area contributed by atoms with Gasteiger partial charge in [-0.15, -0.1) is 11.3 Å². The van der Waals surface area contributed by atoms with Crippen LogP contribution in [0.4, 0.5) is 13.2 Å². The highest BCUT2D eigenvalue weighted by atomic mass is 32.1. The van der Waals surface area contributed by atoms with Crippen molar-refractivity contribution in [3.8, 4) is 11.5 Å². The molecule has 0 radical (unpaired) electrons. The minimum atomic E-state index is -5.28. The molecule has 206 valence electrons. The molecule has 0 saturated carbocycles. The highest BCUT2D eigenvalue weighted by molar-refractivity contribution is 7.14. The van der Waals surface area contributed by atoms with Crippen LogP contribution >= 0.6 is 11.3 Å². The molecule has 1 amide bonds. The lowest BCUT2D eigenvalue weighted by Crippen LogP contribution is -2.32. The molecule has 0 aliphatic carbocycles. The maximum Gasteiger partial charge on any atom is 0.491 e. The Balaban J connectivity index is 1.43. The van der Waals surface area contributed by atoms with E-state index in [1.165, 1.54) is 28.3 Å². The van der Waals surface area contributed by atoms with Gasteiger partial charge < -0.3 is 24.4 Å². The highest BCUT2D eigenvalue weighted by Crippen LogP contribution is 2.28. The fourth-order valence-electron chi connectivity index (χ4n) is 3.78. The van der Waals surface area contributed by atoms with E-state index in [0.29, 0.717) is 16.2 Å². The first-order chi connectivity index (χ1) is 18.6. The van der Waals surface area contributed by atoms with Gasteiger partial charge in [0.2, 0.25) is 0 Å². The average molecular weight is 564 g/mol. The van der Waals surface area contributed by atoms with Gasteiger partial charge in [0.15, 0.2) is 6.61 Å². The highest BCUT2D eigenvalue weighted by Gasteiger charge is 2.42. The summed E-state index contributed by atoms with van der Waals surface area (Å²) >= 11 is 1.49. The number of amides is 1. The zero-order valence-corrected chi connectivity index (χ0v) is 21.5. The number of likely N-dealkylation sites (N-methyl/N-ethyl adjacent to an activating group) is 1. The number of ether oxygens (including phenoxy) is 3. The molecule has 0 fully saturated rings. The molecule has 2 aromatic heterocycles. The molecule has 3 aromatic rings. The molecule has 1 unspecified atom stereocenters. The number of benzene rings is 1. The first-order valence-corrected chi connectivity index (χ1v) is 12.6. The normalized spacial score (nSPS) is 13.6. The standard InChI is InChI=1S/C26H24F3N3O6S/c1-32(24(34)22-11-17-12-31-10-8-21(17)39-22)14-20(37-19-3-2-9-30-13-19)16-4-6-18(7-5-16)36-15-23(33)38-25(35)26(27,28)29/h2-7,9,11,13,20,31H,8,10,12,14-15H2,1H3. The number of nitrogens with zero attached hydrogens (tertiary/aromatic N) is 2. The Morgan fingerprint density at radius 2 is 1.92 bits per heavy atom. The number of thiophene rings is 1. The number of pyridine rings is 1. The summed E-state index contributed by atoms with van der Waals surface area (Å²) in [5.74, 6) is -3.60. The fourth-order valence-corrected chi connectivity index (χ4v) is 4.96. The lowest BCUT2D eigenvalue weighted by atomic mass is 10.1. The third-order valence-corrected chi connectivity index (χ3v) is 6.92. The van der Waals surface area contributed by atoms with E-state index in [2.05, 4.69) is 15.0 Å². The zero-order chi connectivity index (χ0) is 28.0. The monoisotopic (exact) mass is 563 g/mol. The Bertz CT molecular complexity index is 1290. The fraction of sp³-hybridized carbons (Fsp3) is 0.308. The maximum atomic E-state index is 13.2. The summed E-state index contributed by atoms with van der Waals surface area (Å²) < 4.78 is 51.7. The number of alkyl halides is 3. The van der Waals surface area contributed by atoms with Crippen LogP contribution in [0.3, 0.4) is 0 Å². The van der Waals surface area contributed by atoms with Crippen LogP contribution in [-0.4, -0.2) is 60.7 Å². The van der Waals surface area contributed by atoms with Gasteiger partial charge in [0.1, 0.15) is 17.6 Å². The van der Waals surface area contributed by atoms with E-state index in [4.69, 9.17) is 9.47 Å². The third-order valence-electron chi connectivity index (χ3n) is 5.70. The van der Waals surface area contributed by atoms with Crippen molar-refractivity contribution >= 4 is 29.2 Å². The summed E-state index contributed by atoms with van der Waals surface area (Å²) in [5, 5.41) is 3.30. The average Bonchev–Trinajstić information content (AvgIpc) is 3.36. The summed E-state index contributed by atoms with van der Waals surface area (Å²) in [5.41, 5.74) is 1.80. The Labute approximate surface area is 225 Å². The number of halogens is 3. The molecule has 4 rings (SSSR count). The van der Waals surface area contributed by atoms with Crippen LogP contribution in [0.2, 0.25) is 0 Å². The Morgan fingerprint density at radius 3 is 2.59 bits per heavy atom. The lowest BCUT2D eigenvalue weighted by molar-refractivity contribution is -0.202. The summed E-state index contributed by atoms with van der Waals surface area (Å²) in [6.45, 7) is 0.917. The zero-order valence-electron chi connectivity index (χ0n) is 20.7. The number of aromatic nitrogens is 1. The number of rotatable bonds is 9. The van der Waals surface area contributed by atoms with Gasteiger partial charge in [0.25, 0.3) is 5.91 Å². The van der Waals surface area contributed by atoms with Crippen molar-refractivity contribution in [3.63, 3.8) is 0 Å². The molecule has 1 N–H and O–H groups in total. The van der Waals surface area contributed by atoms with E-state index in [9.17, 15) is 27.6 Å². The molecule has 1 aliphatic rings. The van der Waals surface area contributed by atoms with Crippen molar-refractivity contribution in [3.05, 3.63) is 75.7 Å². The van der Waals surface area contributed by atoms with Crippen LogP contribution in [0.1, 0.15) is 31.8 Å². The molecular formula is C26H24F3N3O6S. The smallest absolute Gasteiger partial charge is 0.482 e. The summed E-state index contributed by atoms with van der Waals surface area (Å²) in [4.78, 5) is 42.9. The van der Waals surface area contributed by atoms with Gasteiger partial charge in [-0.05, 0) is 47.9 Å². The van der Waals surface area contributed by atoms with Crippen molar-refractivity contribution < 1.29 is 41.8 Å². The molecule has 1 aromatic carbocycles. The van der Waals surface area contributed by atoms with E-state index in [1.807, 2.05) is 6.07 Å². The minimum Gasteiger partial charge on any atom is -0.482 e. The number of hydrogen-bond acceptors (Lipinski definition) is 9. The molecular weight excluding hydrogens is 539 g/mol. The molecule has 3 heterocycles. The first-order valence-electron chi connectivity index (χ1n) is 11.8. The van der Waals surface area contributed by atoms with Crippen LogP contribution in [0.25, 0.3) is 0 Å². The maximum absolute atomic E-state index is 13.2. The predicted molar refractivity (Wildman–Crippen MR) is 133 cm³/mol. The summed E-state index contributed by atoms with van der Waals surface area (Å²) in [6, 6.07) is 11.6. The van der Waals surface area contributed by atoms with Gasteiger partial charge in [0.05, 0.1) is 17.6 Å². The molecule has 0 bridgehead atoms. The minimum absolute atomic E-state index is 0.138. The lowest BCUT2D eigenvalue weighted by Gasteiger charge is -2.25. The summed E-state index contributed by atoms with van der Waals surface area (Å²) in [6.07, 6.45) is -1.86. The third kappa shape index (κ3) is 7.54. The largest absolute Gasteiger partial charge is 0.491 e. The molecule has 0 spiro atoms. The van der Waals surface area contributed by atoms with Gasteiger partial charge in [-0.2, -0.15) is 13.2 Å². The quantitative estimate of drug-likeness (QED) is 0.310. The molecule has 1 aliphatic heterocycles. The number of carbonyl (C=O) groups is 3. The Hall–Kier alpha value is -3.97. The van der Waals surface area contributed by atoms with Crippen LogP contribution in [0.5, 0.6) is 11.5 Å². The molecule has 9 nitrogen and oxygen atoms in total. The topological polar surface area (TPSA) is 107 Å². The molecule has 0 saturated heterocycles.